The zero-order valence-electron chi connectivity index (χ0n) is 15.1. The first-order valence-electron chi connectivity index (χ1n) is 9.02. The highest BCUT2D eigenvalue weighted by atomic mass is 16.6. The van der Waals surface area contributed by atoms with E-state index in [-0.39, 0.29) is 0 Å². The van der Waals surface area contributed by atoms with Gasteiger partial charge in [-0.05, 0) is 61.2 Å². The zero-order chi connectivity index (χ0) is 17.9. The Labute approximate surface area is 150 Å². The molecule has 0 bridgehead atoms. The highest BCUT2D eigenvalue weighted by Gasteiger charge is 2.05. The van der Waals surface area contributed by atoms with E-state index in [1.54, 1.807) is 24.3 Å². The second-order valence-corrected chi connectivity index (χ2v) is 5.99. The molecule has 0 fully saturated rings. The van der Waals surface area contributed by atoms with Crippen molar-refractivity contribution in [2.75, 3.05) is 11.9 Å². The van der Waals surface area contributed by atoms with Crippen LogP contribution in [-0.4, -0.2) is 12.7 Å². The molecule has 4 heteroatoms. The third-order valence-corrected chi connectivity index (χ3v) is 3.82. The van der Waals surface area contributed by atoms with Gasteiger partial charge in [-0.1, -0.05) is 38.8 Å². The van der Waals surface area contributed by atoms with Crippen LogP contribution in [0.2, 0.25) is 0 Å². The maximum atomic E-state index is 12.0. The summed E-state index contributed by atoms with van der Waals surface area (Å²) in [6.45, 7) is 5.00. The van der Waals surface area contributed by atoms with Crippen LogP contribution in [0, 0.1) is 0 Å². The maximum Gasteiger partial charge on any atom is 0.417 e. The molecule has 0 unspecified atom stereocenters. The standard InChI is InChI=1S/C21H27NO3/c1-3-5-7-17-8-10-18(11-9-17)22-21(23)25-20-14-12-19(13-15-20)24-16-6-4-2/h8-15H,3-7,16H2,1-2H3,(H,22,23). The van der Waals surface area contributed by atoms with Gasteiger partial charge >= 0.3 is 6.09 Å². The van der Waals surface area contributed by atoms with E-state index in [1.807, 2.05) is 24.3 Å². The smallest absolute Gasteiger partial charge is 0.417 e. The molecule has 0 aliphatic heterocycles. The van der Waals surface area contributed by atoms with Gasteiger partial charge in [0.1, 0.15) is 11.5 Å². The van der Waals surface area contributed by atoms with Crippen LogP contribution in [0.3, 0.4) is 0 Å². The molecule has 0 aliphatic rings. The van der Waals surface area contributed by atoms with Gasteiger partial charge in [0, 0.05) is 5.69 Å². The van der Waals surface area contributed by atoms with Crippen LogP contribution in [0.25, 0.3) is 0 Å². The molecule has 0 aromatic heterocycles. The number of carbonyl (C=O) groups excluding carboxylic acids is 1. The molecule has 0 saturated heterocycles. The summed E-state index contributed by atoms with van der Waals surface area (Å²) in [5, 5.41) is 2.74. The number of hydrogen-bond acceptors (Lipinski definition) is 3. The van der Waals surface area contributed by atoms with Crippen molar-refractivity contribution < 1.29 is 14.3 Å². The van der Waals surface area contributed by atoms with Crippen molar-refractivity contribution in [3.05, 3.63) is 54.1 Å². The van der Waals surface area contributed by atoms with Crippen LogP contribution < -0.4 is 14.8 Å². The quantitative estimate of drug-likeness (QED) is 0.585. The molecular weight excluding hydrogens is 314 g/mol. The molecule has 1 N–H and O–H groups in total. The number of amides is 1. The van der Waals surface area contributed by atoms with Crippen molar-refractivity contribution in [1.82, 2.24) is 0 Å². The fourth-order valence-corrected chi connectivity index (χ4v) is 2.32. The molecule has 0 spiro atoms. The van der Waals surface area contributed by atoms with Gasteiger partial charge in [-0.3, -0.25) is 5.32 Å². The Kier molecular flexibility index (Phi) is 7.83. The second kappa shape index (κ2) is 10.4. The number of rotatable bonds is 9. The Morgan fingerprint density at radius 2 is 1.52 bits per heavy atom. The van der Waals surface area contributed by atoms with Gasteiger partial charge in [0.05, 0.1) is 6.61 Å². The predicted octanol–water partition coefficient (Wildman–Crippen LogP) is 5.82. The lowest BCUT2D eigenvalue weighted by Gasteiger charge is -2.09. The molecule has 4 nitrogen and oxygen atoms in total. The molecule has 134 valence electrons. The Morgan fingerprint density at radius 3 is 2.16 bits per heavy atom. The van der Waals surface area contributed by atoms with Gasteiger partial charge < -0.3 is 9.47 Å². The summed E-state index contributed by atoms with van der Waals surface area (Å²) in [5.74, 6) is 1.27. The number of carbonyl (C=O) groups is 1. The average molecular weight is 341 g/mol. The van der Waals surface area contributed by atoms with Crippen LogP contribution >= 0.6 is 0 Å². The van der Waals surface area contributed by atoms with Crippen molar-refractivity contribution in [2.45, 2.75) is 46.0 Å². The topological polar surface area (TPSA) is 47.6 Å². The lowest BCUT2D eigenvalue weighted by atomic mass is 10.1. The molecule has 0 atom stereocenters. The fourth-order valence-electron chi connectivity index (χ4n) is 2.32. The summed E-state index contributed by atoms with van der Waals surface area (Å²) in [6, 6.07) is 14.9. The minimum atomic E-state index is -0.499. The monoisotopic (exact) mass is 341 g/mol. The Balaban J connectivity index is 1.81. The third-order valence-electron chi connectivity index (χ3n) is 3.82. The zero-order valence-corrected chi connectivity index (χ0v) is 15.1. The predicted molar refractivity (Wildman–Crippen MR) is 102 cm³/mol. The van der Waals surface area contributed by atoms with Crippen LogP contribution in [0.15, 0.2) is 48.5 Å². The normalized spacial score (nSPS) is 10.3. The molecule has 0 saturated carbocycles. The van der Waals surface area contributed by atoms with E-state index in [1.165, 1.54) is 18.4 Å². The summed E-state index contributed by atoms with van der Waals surface area (Å²) >= 11 is 0. The Morgan fingerprint density at radius 1 is 0.880 bits per heavy atom. The number of hydrogen-bond donors (Lipinski definition) is 1. The van der Waals surface area contributed by atoms with Gasteiger partial charge in [0.2, 0.25) is 0 Å². The second-order valence-electron chi connectivity index (χ2n) is 5.99. The van der Waals surface area contributed by atoms with Gasteiger partial charge in [0.25, 0.3) is 0 Å². The molecule has 1 amide bonds. The number of anilines is 1. The van der Waals surface area contributed by atoms with Crippen LogP contribution in [0.4, 0.5) is 10.5 Å². The van der Waals surface area contributed by atoms with E-state index in [0.717, 1.165) is 30.7 Å². The van der Waals surface area contributed by atoms with Gasteiger partial charge in [-0.2, -0.15) is 0 Å². The number of aryl methyl sites for hydroxylation is 1. The van der Waals surface area contributed by atoms with E-state index < -0.39 is 6.09 Å². The largest absolute Gasteiger partial charge is 0.494 e. The van der Waals surface area contributed by atoms with Crippen molar-refractivity contribution in [3.63, 3.8) is 0 Å². The molecule has 0 radical (unpaired) electrons. The van der Waals surface area contributed by atoms with Crippen molar-refractivity contribution in [2.24, 2.45) is 0 Å². The van der Waals surface area contributed by atoms with Gasteiger partial charge in [0.15, 0.2) is 0 Å². The van der Waals surface area contributed by atoms with Crippen molar-refractivity contribution >= 4 is 11.8 Å². The van der Waals surface area contributed by atoms with Crippen LogP contribution in [0.5, 0.6) is 11.5 Å². The summed E-state index contributed by atoms with van der Waals surface area (Å²) < 4.78 is 10.9. The number of benzene rings is 2. The van der Waals surface area contributed by atoms with E-state index in [2.05, 4.69) is 19.2 Å². The first-order chi connectivity index (χ1) is 12.2. The minimum Gasteiger partial charge on any atom is -0.494 e. The van der Waals surface area contributed by atoms with E-state index in [4.69, 9.17) is 9.47 Å². The molecule has 2 aromatic rings. The Bertz CT molecular complexity index is 635. The first kappa shape index (κ1) is 18.8. The fraction of sp³-hybridized carbons (Fsp3) is 0.381. The lowest BCUT2D eigenvalue weighted by molar-refractivity contribution is 0.215. The Hall–Kier alpha value is -2.49. The molecule has 2 rings (SSSR count). The highest BCUT2D eigenvalue weighted by Crippen LogP contribution is 2.19. The minimum absolute atomic E-state index is 0.486. The highest BCUT2D eigenvalue weighted by molar-refractivity contribution is 5.86. The van der Waals surface area contributed by atoms with E-state index in [9.17, 15) is 4.79 Å². The first-order valence-corrected chi connectivity index (χ1v) is 9.02. The molecule has 0 heterocycles. The molecular formula is C21H27NO3. The van der Waals surface area contributed by atoms with E-state index >= 15 is 0 Å². The van der Waals surface area contributed by atoms with Crippen molar-refractivity contribution in [1.29, 1.82) is 0 Å². The SMILES string of the molecule is CCCCOc1ccc(OC(=O)Nc2ccc(CCCC)cc2)cc1. The molecule has 25 heavy (non-hydrogen) atoms. The van der Waals surface area contributed by atoms with Gasteiger partial charge in [-0.15, -0.1) is 0 Å². The maximum absolute atomic E-state index is 12.0. The summed E-state index contributed by atoms with van der Waals surface area (Å²) in [4.78, 5) is 12.0. The average Bonchev–Trinajstić information content (AvgIpc) is 2.63. The molecule has 2 aromatic carbocycles. The van der Waals surface area contributed by atoms with Crippen LogP contribution in [-0.2, 0) is 6.42 Å². The summed E-state index contributed by atoms with van der Waals surface area (Å²) in [6.07, 6.45) is 5.04. The summed E-state index contributed by atoms with van der Waals surface area (Å²) in [5.41, 5.74) is 2.00. The number of ether oxygens (including phenoxy) is 2. The number of nitrogens with one attached hydrogen (secondary N) is 1. The van der Waals surface area contributed by atoms with Crippen molar-refractivity contribution in [3.8, 4) is 11.5 Å². The number of unbranched alkanes of at least 4 members (excludes halogenated alkanes) is 2. The summed E-state index contributed by atoms with van der Waals surface area (Å²) in [7, 11) is 0. The lowest BCUT2D eigenvalue weighted by Crippen LogP contribution is -2.16. The van der Waals surface area contributed by atoms with E-state index in [0.29, 0.717) is 12.4 Å². The van der Waals surface area contributed by atoms with Gasteiger partial charge in [-0.25, -0.2) is 4.79 Å². The van der Waals surface area contributed by atoms with Crippen LogP contribution in [0.1, 0.15) is 45.1 Å². The third kappa shape index (κ3) is 6.87. The molecule has 0 aliphatic carbocycles.